The summed E-state index contributed by atoms with van der Waals surface area (Å²) in [6.07, 6.45) is 0. The minimum absolute atomic E-state index is 0.164. The summed E-state index contributed by atoms with van der Waals surface area (Å²) >= 11 is 3.38. The molecule has 0 amide bonds. The normalized spacial score (nSPS) is 11.5. The van der Waals surface area contributed by atoms with Crippen molar-refractivity contribution >= 4 is 32.7 Å². The van der Waals surface area contributed by atoms with Crippen molar-refractivity contribution in [2.24, 2.45) is 0 Å². The Kier molecular flexibility index (Phi) is 3.45. The number of benzene rings is 2. The van der Waals surface area contributed by atoms with Crippen molar-refractivity contribution in [3.8, 4) is 11.4 Å². The van der Waals surface area contributed by atoms with E-state index in [1.807, 2.05) is 28.8 Å². The Hall–Kier alpha value is -1.88. The van der Waals surface area contributed by atoms with E-state index in [1.54, 1.807) is 6.07 Å². The summed E-state index contributed by atoms with van der Waals surface area (Å²) in [5.74, 6) is 0.419. The molecular weight excluding hydrogens is 333 g/mol. The summed E-state index contributed by atoms with van der Waals surface area (Å²) in [6.45, 7) is 4.11. The van der Waals surface area contributed by atoms with E-state index in [-0.39, 0.29) is 11.9 Å². The lowest BCUT2D eigenvalue weighted by Gasteiger charge is -2.13. The number of rotatable bonds is 2. The summed E-state index contributed by atoms with van der Waals surface area (Å²) in [7, 11) is 0. The Labute approximate surface area is 130 Å². The Morgan fingerprint density at radius 2 is 2.00 bits per heavy atom. The number of para-hydroxylation sites is 1. The zero-order valence-electron chi connectivity index (χ0n) is 11.8. The maximum absolute atomic E-state index is 14.0. The van der Waals surface area contributed by atoms with Crippen molar-refractivity contribution in [3.05, 3.63) is 46.7 Å². The predicted molar refractivity (Wildman–Crippen MR) is 87.6 cm³/mol. The van der Waals surface area contributed by atoms with Crippen LogP contribution in [0.1, 0.15) is 19.9 Å². The molecule has 0 aliphatic heterocycles. The number of halogens is 2. The van der Waals surface area contributed by atoms with Gasteiger partial charge in [0, 0.05) is 21.8 Å². The molecule has 0 unspecified atom stereocenters. The van der Waals surface area contributed by atoms with E-state index in [0.29, 0.717) is 11.2 Å². The first-order valence-electron chi connectivity index (χ1n) is 6.71. The monoisotopic (exact) mass is 347 g/mol. The van der Waals surface area contributed by atoms with E-state index in [4.69, 9.17) is 5.73 Å². The molecule has 0 bridgehead atoms. The molecule has 0 radical (unpaired) electrons. The van der Waals surface area contributed by atoms with Gasteiger partial charge in [0.1, 0.15) is 11.3 Å². The Balaban J connectivity index is 2.33. The first-order valence-corrected chi connectivity index (χ1v) is 7.50. The number of nitrogens with zero attached hydrogens (tertiary/aromatic N) is 2. The van der Waals surface area contributed by atoms with Crippen LogP contribution < -0.4 is 5.73 Å². The van der Waals surface area contributed by atoms with Crippen LogP contribution in [0.3, 0.4) is 0 Å². The van der Waals surface area contributed by atoms with Crippen LogP contribution in [-0.4, -0.2) is 9.55 Å². The van der Waals surface area contributed by atoms with Crippen molar-refractivity contribution in [2.75, 3.05) is 5.73 Å². The number of nitrogens with two attached hydrogens (primary N) is 1. The molecule has 108 valence electrons. The standard InChI is InChI=1S/C16H15BrFN3/c1-9(2)21-14-5-3-4-12(18)15(14)20-16(21)10-6-7-11(17)13(19)8-10/h3-9H,19H2,1-2H3. The van der Waals surface area contributed by atoms with Crippen molar-refractivity contribution in [3.63, 3.8) is 0 Å². The second kappa shape index (κ2) is 5.15. The topological polar surface area (TPSA) is 43.8 Å². The van der Waals surface area contributed by atoms with Gasteiger partial charge in [0.2, 0.25) is 0 Å². The highest BCUT2D eigenvalue weighted by atomic mass is 79.9. The van der Waals surface area contributed by atoms with Gasteiger partial charge in [-0.2, -0.15) is 0 Å². The molecule has 3 aromatic rings. The largest absolute Gasteiger partial charge is 0.398 e. The van der Waals surface area contributed by atoms with Crippen LogP contribution in [0.25, 0.3) is 22.4 Å². The number of nitrogen functional groups attached to an aromatic ring is 1. The van der Waals surface area contributed by atoms with Crippen LogP contribution in [0, 0.1) is 5.82 Å². The lowest BCUT2D eigenvalue weighted by molar-refractivity contribution is 0.623. The van der Waals surface area contributed by atoms with Crippen LogP contribution in [0.5, 0.6) is 0 Å². The molecule has 1 aromatic heterocycles. The molecule has 0 aliphatic carbocycles. The van der Waals surface area contributed by atoms with Gasteiger partial charge in [-0.3, -0.25) is 0 Å². The maximum Gasteiger partial charge on any atom is 0.151 e. The zero-order chi connectivity index (χ0) is 15.1. The molecule has 0 saturated carbocycles. The van der Waals surface area contributed by atoms with Crippen molar-refractivity contribution < 1.29 is 4.39 Å². The van der Waals surface area contributed by atoms with Gasteiger partial charge in [0.15, 0.2) is 5.82 Å². The Bertz CT molecular complexity index is 824. The minimum atomic E-state index is -0.307. The van der Waals surface area contributed by atoms with Crippen molar-refractivity contribution in [1.82, 2.24) is 9.55 Å². The fourth-order valence-electron chi connectivity index (χ4n) is 2.49. The van der Waals surface area contributed by atoms with Crippen LogP contribution in [0.2, 0.25) is 0 Å². The number of aromatic nitrogens is 2. The molecule has 0 fully saturated rings. The highest BCUT2D eigenvalue weighted by Crippen LogP contribution is 2.32. The minimum Gasteiger partial charge on any atom is -0.398 e. The molecule has 1 heterocycles. The first-order chi connectivity index (χ1) is 9.99. The number of fused-ring (bicyclic) bond motifs is 1. The third kappa shape index (κ3) is 2.31. The van der Waals surface area contributed by atoms with E-state index in [9.17, 15) is 4.39 Å². The zero-order valence-corrected chi connectivity index (χ0v) is 13.4. The molecular formula is C16H15BrFN3. The number of hydrogen-bond donors (Lipinski definition) is 1. The predicted octanol–water partition coefficient (Wildman–Crippen LogP) is 4.77. The summed E-state index contributed by atoms with van der Waals surface area (Å²) in [6, 6.07) is 10.8. The summed E-state index contributed by atoms with van der Waals surface area (Å²) in [5, 5.41) is 0. The average molecular weight is 348 g/mol. The lowest BCUT2D eigenvalue weighted by atomic mass is 10.2. The van der Waals surface area contributed by atoms with Gasteiger partial charge in [0.25, 0.3) is 0 Å². The number of hydrogen-bond acceptors (Lipinski definition) is 2. The molecule has 2 aromatic carbocycles. The fourth-order valence-corrected chi connectivity index (χ4v) is 2.74. The van der Waals surface area contributed by atoms with E-state index in [0.717, 1.165) is 21.4 Å². The molecule has 0 saturated heterocycles. The molecule has 0 spiro atoms. The molecule has 21 heavy (non-hydrogen) atoms. The summed E-state index contributed by atoms with van der Waals surface area (Å²) in [5.41, 5.74) is 8.64. The van der Waals surface area contributed by atoms with E-state index < -0.39 is 0 Å². The van der Waals surface area contributed by atoms with Gasteiger partial charge in [-0.1, -0.05) is 6.07 Å². The fraction of sp³-hybridized carbons (Fsp3) is 0.188. The van der Waals surface area contributed by atoms with Crippen LogP contribution >= 0.6 is 15.9 Å². The maximum atomic E-state index is 14.0. The number of anilines is 1. The quantitative estimate of drug-likeness (QED) is 0.678. The van der Waals surface area contributed by atoms with E-state index >= 15 is 0 Å². The smallest absolute Gasteiger partial charge is 0.151 e. The SMILES string of the molecule is CC(C)n1c(-c2ccc(Br)c(N)c2)nc2c(F)cccc21. The molecule has 0 atom stereocenters. The third-order valence-electron chi connectivity index (χ3n) is 3.44. The summed E-state index contributed by atoms with van der Waals surface area (Å²) < 4.78 is 16.9. The highest BCUT2D eigenvalue weighted by molar-refractivity contribution is 9.10. The highest BCUT2D eigenvalue weighted by Gasteiger charge is 2.17. The van der Waals surface area contributed by atoms with Crippen LogP contribution in [0.4, 0.5) is 10.1 Å². The van der Waals surface area contributed by atoms with Gasteiger partial charge in [-0.05, 0) is 60.1 Å². The van der Waals surface area contributed by atoms with Gasteiger partial charge in [-0.15, -0.1) is 0 Å². The van der Waals surface area contributed by atoms with Gasteiger partial charge >= 0.3 is 0 Å². The third-order valence-corrected chi connectivity index (χ3v) is 4.16. The first kappa shape index (κ1) is 14.1. The van der Waals surface area contributed by atoms with Crippen LogP contribution in [-0.2, 0) is 0 Å². The van der Waals surface area contributed by atoms with Crippen LogP contribution in [0.15, 0.2) is 40.9 Å². The second-order valence-electron chi connectivity index (χ2n) is 5.24. The number of imidazole rings is 1. The molecule has 3 rings (SSSR count). The van der Waals surface area contributed by atoms with E-state index in [2.05, 4.69) is 34.8 Å². The van der Waals surface area contributed by atoms with E-state index in [1.165, 1.54) is 6.07 Å². The Morgan fingerprint density at radius 3 is 2.67 bits per heavy atom. The van der Waals surface area contributed by atoms with Gasteiger partial charge < -0.3 is 10.3 Å². The lowest BCUT2D eigenvalue weighted by Crippen LogP contribution is -2.03. The molecule has 0 aliphatic rings. The Morgan fingerprint density at radius 1 is 1.24 bits per heavy atom. The summed E-state index contributed by atoms with van der Waals surface area (Å²) in [4.78, 5) is 4.49. The van der Waals surface area contributed by atoms with Crippen molar-refractivity contribution in [2.45, 2.75) is 19.9 Å². The molecule has 5 heteroatoms. The average Bonchev–Trinajstić information content (AvgIpc) is 2.83. The van der Waals surface area contributed by atoms with Crippen molar-refractivity contribution in [1.29, 1.82) is 0 Å². The van der Waals surface area contributed by atoms with Gasteiger partial charge in [-0.25, -0.2) is 9.37 Å². The molecule has 3 nitrogen and oxygen atoms in total. The van der Waals surface area contributed by atoms with Gasteiger partial charge in [0.05, 0.1) is 5.52 Å². The second-order valence-corrected chi connectivity index (χ2v) is 6.10. The molecule has 2 N–H and O–H groups in total.